The Morgan fingerprint density at radius 1 is 1.08 bits per heavy atom. The van der Waals surface area contributed by atoms with Gasteiger partial charge in [0.15, 0.2) is 0 Å². The van der Waals surface area contributed by atoms with Gasteiger partial charge in [-0.1, -0.05) is 24.3 Å². The number of β-amino-alcohol motifs (C(OH)–C–C–N with tert-alkyl or cyclic N) is 1. The minimum absolute atomic E-state index is 0.0477. The van der Waals surface area contributed by atoms with Gasteiger partial charge >= 0.3 is 0 Å². The van der Waals surface area contributed by atoms with E-state index in [0.29, 0.717) is 12.0 Å². The van der Waals surface area contributed by atoms with Crippen molar-refractivity contribution in [2.45, 2.75) is 18.9 Å². The Hall–Kier alpha value is -2.60. The van der Waals surface area contributed by atoms with Crippen LogP contribution in [0.1, 0.15) is 23.7 Å². The Labute approximate surface area is 143 Å². The quantitative estimate of drug-likeness (QED) is 0.848. The van der Waals surface area contributed by atoms with Crippen molar-refractivity contribution in [3.05, 3.63) is 71.3 Å². The maximum absolute atomic E-state index is 13.2. The van der Waals surface area contributed by atoms with Crippen LogP contribution in [0.5, 0.6) is 0 Å². The maximum Gasteiger partial charge on any atom is 0.233 e. The highest BCUT2D eigenvalue weighted by atomic mass is 19.1. The van der Waals surface area contributed by atoms with E-state index in [1.807, 2.05) is 0 Å². The largest absolute Gasteiger partial charge is 0.387 e. The van der Waals surface area contributed by atoms with Crippen LogP contribution in [0.25, 0.3) is 0 Å². The Morgan fingerprint density at radius 2 is 1.80 bits per heavy atom. The summed E-state index contributed by atoms with van der Waals surface area (Å²) in [5.41, 5.74) is 1.07. The summed E-state index contributed by atoms with van der Waals surface area (Å²) in [6, 6.07) is 11.2. The number of aliphatic hydroxyl groups is 1. The lowest BCUT2D eigenvalue weighted by Crippen LogP contribution is -2.34. The topological polar surface area (TPSA) is 57.6 Å². The molecule has 130 valence electrons. The summed E-state index contributed by atoms with van der Waals surface area (Å²) in [6.07, 6.45) is -0.767. The van der Waals surface area contributed by atoms with E-state index in [1.54, 1.807) is 12.1 Å². The number of carbonyl (C=O) groups is 2. The average Bonchev–Trinajstić information content (AvgIpc) is 2.84. The molecule has 6 heteroatoms. The molecule has 1 N–H and O–H groups in total. The van der Waals surface area contributed by atoms with E-state index in [-0.39, 0.29) is 30.6 Å². The first-order valence-electron chi connectivity index (χ1n) is 7.96. The smallest absolute Gasteiger partial charge is 0.233 e. The zero-order valence-electron chi connectivity index (χ0n) is 13.4. The molecular weight excluding hydrogens is 328 g/mol. The minimum atomic E-state index is -1.15. The Morgan fingerprint density at radius 3 is 2.48 bits per heavy atom. The maximum atomic E-state index is 13.2. The van der Waals surface area contributed by atoms with Crippen LogP contribution < -0.4 is 0 Å². The van der Waals surface area contributed by atoms with E-state index in [1.165, 1.54) is 36.4 Å². The second-order valence-corrected chi connectivity index (χ2v) is 6.15. The first-order valence-corrected chi connectivity index (χ1v) is 7.96. The number of halogens is 2. The van der Waals surface area contributed by atoms with Crippen molar-refractivity contribution in [3.8, 4) is 0 Å². The van der Waals surface area contributed by atoms with Gasteiger partial charge in [0.25, 0.3) is 0 Å². The predicted octanol–water partition coefficient (Wildman–Crippen LogP) is 2.62. The van der Waals surface area contributed by atoms with Gasteiger partial charge in [0.1, 0.15) is 11.6 Å². The monoisotopic (exact) mass is 345 g/mol. The van der Waals surface area contributed by atoms with Crippen LogP contribution in [0, 0.1) is 17.6 Å². The molecule has 2 amide bonds. The highest BCUT2D eigenvalue weighted by Crippen LogP contribution is 2.26. The molecule has 0 aromatic heterocycles. The molecule has 0 unspecified atom stereocenters. The van der Waals surface area contributed by atoms with Crippen molar-refractivity contribution in [1.29, 1.82) is 0 Å². The van der Waals surface area contributed by atoms with Crippen LogP contribution in [0.15, 0.2) is 48.5 Å². The standard InChI is InChI=1S/C19H17F2NO3/c20-15-6-4-12(5-7-15)8-14-10-18(24)22(19(14)25)11-17(23)13-2-1-3-16(21)9-13/h1-7,9,14,17,23H,8,10-11H2/t14-,17+/m1/s1. The van der Waals surface area contributed by atoms with Crippen LogP contribution >= 0.6 is 0 Å². The first kappa shape index (κ1) is 17.2. The molecule has 0 aliphatic carbocycles. The third kappa shape index (κ3) is 3.91. The molecule has 1 aliphatic heterocycles. The van der Waals surface area contributed by atoms with Crippen molar-refractivity contribution < 1.29 is 23.5 Å². The van der Waals surface area contributed by atoms with E-state index in [9.17, 15) is 23.5 Å². The zero-order valence-corrected chi connectivity index (χ0v) is 13.4. The van der Waals surface area contributed by atoms with E-state index >= 15 is 0 Å². The number of rotatable bonds is 5. The molecule has 0 bridgehead atoms. The third-order valence-electron chi connectivity index (χ3n) is 4.32. The average molecular weight is 345 g/mol. The number of likely N-dealkylation sites (tertiary alicyclic amines) is 1. The lowest BCUT2D eigenvalue weighted by molar-refractivity contribution is -0.141. The van der Waals surface area contributed by atoms with Crippen molar-refractivity contribution in [3.63, 3.8) is 0 Å². The van der Waals surface area contributed by atoms with Gasteiger partial charge in [-0.05, 0) is 41.8 Å². The molecule has 2 aromatic rings. The van der Waals surface area contributed by atoms with Crippen LogP contribution in [0.4, 0.5) is 8.78 Å². The fraction of sp³-hybridized carbons (Fsp3) is 0.263. The lowest BCUT2D eigenvalue weighted by Gasteiger charge is -2.19. The van der Waals surface area contributed by atoms with Crippen LogP contribution in [-0.2, 0) is 16.0 Å². The molecular formula is C19H17F2NO3. The van der Waals surface area contributed by atoms with Gasteiger partial charge in [0.05, 0.1) is 18.6 Å². The van der Waals surface area contributed by atoms with Gasteiger partial charge in [0.2, 0.25) is 11.8 Å². The predicted molar refractivity (Wildman–Crippen MR) is 86.3 cm³/mol. The van der Waals surface area contributed by atoms with E-state index in [0.717, 1.165) is 10.5 Å². The molecule has 1 fully saturated rings. The molecule has 0 radical (unpaired) electrons. The van der Waals surface area contributed by atoms with E-state index in [4.69, 9.17) is 0 Å². The van der Waals surface area contributed by atoms with Gasteiger partial charge in [-0.15, -0.1) is 0 Å². The number of hydrogen-bond donors (Lipinski definition) is 1. The summed E-state index contributed by atoms with van der Waals surface area (Å²) in [7, 11) is 0. The number of nitrogens with zero attached hydrogens (tertiary/aromatic N) is 1. The Bertz CT molecular complexity index is 792. The first-order chi connectivity index (χ1) is 11.9. The van der Waals surface area contributed by atoms with Crippen LogP contribution in [-0.4, -0.2) is 28.4 Å². The molecule has 3 rings (SSSR count). The number of imide groups is 1. The van der Waals surface area contributed by atoms with Gasteiger partial charge < -0.3 is 5.11 Å². The zero-order chi connectivity index (χ0) is 18.0. The highest BCUT2D eigenvalue weighted by molar-refractivity contribution is 6.03. The van der Waals surface area contributed by atoms with Crippen LogP contribution in [0.3, 0.4) is 0 Å². The summed E-state index contributed by atoms with van der Waals surface area (Å²) in [5, 5.41) is 10.2. The Kier molecular flexibility index (Phi) is 4.90. The number of benzene rings is 2. The van der Waals surface area contributed by atoms with E-state index < -0.39 is 17.8 Å². The number of hydrogen-bond acceptors (Lipinski definition) is 3. The molecule has 1 aliphatic rings. The number of aliphatic hydroxyl groups excluding tert-OH is 1. The summed E-state index contributed by atoms with van der Waals surface area (Å²) >= 11 is 0. The fourth-order valence-corrected chi connectivity index (χ4v) is 3.00. The molecule has 1 heterocycles. The number of amides is 2. The van der Waals surface area contributed by atoms with Gasteiger partial charge in [-0.25, -0.2) is 8.78 Å². The minimum Gasteiger partial charge on any atom is -0.387 e. The SMILES string of the molecule is O=C1C[C@@H](Cc2ccc(F)cc2)C(=O)N1C[C@H](O)c1cccc(F)c1. The summed E-state index contributed by atoms with van der Waals surface area (Å²) in [4.78, 5) is 25.6. The molecule has 1 saturated heterocycles. The normalized spacial score (nSPS) is 18.7. The number of carbonyl (C=O) groups excluding carboxylic acids is 2. The second-order valence-electron chi connectivity index (χ2n) is 6.15. The fourth-order valence-electron chi connectivity index (χ4n) is 3.00. The van der Waals surface area contributed by atoms with Gasteiger partial charge in [0, 0.05) is 6.42 Å². The van der Waals surface area contributed by atoms with Crippen molar-refractivity contribution in [2.75, 3.05) is 6.54 Å². The molecule has 0 saturated carbocycles. The highest BCUT2D eigenvalue weighted by Gasteiger charge is 2.39. The summed E-state index contributed by atoms with van der Waals surface area (Å²) in [6.45, 7) is -0.207. The lowest BCUT2D eigenvalue weighted by atomic mass is 9.98. The molecule has 0 spiro atoms. The van der Waals surface area contributed by atoms with Gasteiger partial charge in [-0.2, -0.15) is 0 Å². The second kappa shape index (κ2) is 7.11. The van der Waals surface area contributed by atoms with Crippen molar-refractivity contribution in [2.24, 2.45) is 5.92 Å². The molecule has 25 heavy (non-hydrogen) atoms. The van der Waals surface area contributed by atoms with E-state index in [2.05, 4.69) is 0 Å². The molecule has 2 atom stereocenters. The van der Waals surface area contributed by atoms with Crippen molar-refractivity contribution in [1.82, 2.24) is 4.90 Å². The van der Waals surface area contributed by atoms with Crippen LogP contribution in [0.2, 0.25) is 0 Å². The summed E-state index contributed by atoms with van der Waals surface area (Å²) < 4.78 is 26.2. The molecule has 2 aromatic carbocycles. The molecule has 4 nitrogen and oxygen atoms in total. The third-order valence-corrected chi connectivity index (χ3v) is 4.32. The Balaban J connectivity index is 1.67. The summed E-state index contributed by atoms with van der Waals surface area (Å²) in [5.74, 6) is -2.13. The van der Waals surface area contributed by atoms with Gasteiger partial charge in [-0.3, -0.25) is 14.5 Å². The van der Waals surface area contributed by atoms with Crippen molar-refractivity contribution >= 4 is 11.8 Å².